The van der Waals surface area contributed by atoms with Gasteiger partial charge in [-0.05, 0) is 60.9 Å². The van der Waals surface area contributed by atoms with E-state index < -0.39 is 11.4 Å². The molecule has 0 fully saturated rings. The summed E-state index contributed by atoms with van der Waals surface area (Å²) in [6.07, 6.45) is 0.630. The summed E-state index contributed by atoms with van der Waals surface area (Å²) in [6.45, 7) is 2.31. The summed E-state index contributed by atoms with van der Waals surface area (Å²) in [5.74, 6) is 0.232. The molecule has 2 unspecified atom stereocenters. The predicted octanol–water partition coefficient (Wildman–Crippen LogP) is 7.26. The average molecular weight is 601 g/mol. The fourth-order valence-corrected chi connectivity index (χ4v) is 5.24. The molecule has 0 spiro atoms. The van der Waals surface area contributed by atoms with Crippen molar-refractivity contribution in [3.8, 4) is 5.69 Å². The van der Waals surface area contributed by atoms with Gasteiger partial charge in [0.15, 0.2) is 0 Å². The van der Waals surface area contributed by atoms with Crippen molar-refractivity contribution in [2.24, 2.45) is 0 Å². The molecule has 0 N–H and O–H groups in total. The van der Waals surface area contributed by atoms with Crippen LogP contribution in [-0.2, 0) is 11.2 Å². The van der Waals surface area contributed by atoms with E-state index in [0.717, 1.165) is 15.6 Å². The Kier molecular flexibility index (Phi) is 8.24. The van der Waals surface area contributed by atoms with E-state index in [1.165, 1.54) is 0 Å². The Balaban J connectivity index is 1.63. The molecule has 4 aromatic carbocycles. The first-order chi connectivity index (χ1) is 18.9. The van der Waals surface area contributed by atoms with Crippen molar-refractivity contribution < 1.29 is 4.79 Å². The lowest BCUT2D eigenvalue weighted by molar-refractivity contribution is -0.133. The highest BCUT2D eigenvalue weighted by Crippen LogP contribution is 2.30. The Labute approximate surface area is 240 Å². The van der Waals surface area contributed by atoms with Crippen LogP contribution in [0.4, 0.5) is 0 Å². The minimum absolute atomic E-state index is 0.189. The molecule has 1 aromatic heterocycles. The topological polar surface area (TPSA) is 55.2 Å². The SMILES string of the molecule is CC(c1nc2ccccc2c(=O)n1-c1ccc(Br)cc1)N(CCc1ccccc1)C(=O)C(Cl)c1ccccc1. The maximum atomic E-state index is 14.0. The highest BCUT2D eigenvalue weighted by molar-refractivity contribution is 9.10. The minimum atomic E-state index is -0.877. The summed E-state index contributed by atoms with van der Waals surface area (Å²) in [5, 5.41) is -0.365. The summed E-state index contributed by atoms with van der Waals surface area (Å²) in [7, 11) is 0. The van der Waals surface area contributed by atoms with Crippen LogP contribution in [0.25, 0.3) is 16.6 Å². The summed E-state index contributed by atoms with van der Waals surface area (Å²) in [6, 6.07) is 33.6. The zero-order valence-corrected chi connectivity index (χ0v) is 23.7. The number of rotatable bonds is 8. The zero-order valence-electron chi connectivity index (χ0n) is 21.4. The molecule has 5 nitrogen and oxygen atoms in total. The zero-order chi connectivity index (χ0) is 27.4. The summed E-state index contributed by atoms with van der Waals surface area (Å²) in [5.41, 5.74) is 2.89. The van der Waals surface area contributed by atoms with Crippen LogP contribution < -0.4 is 5.56 Å². The molecular formula is C32H27BrClN3O2. The third-order valence-electron chi connectivity index (χ3n) is 6.80. The minimum Gasteiger partial charge on any atom is -0.331 e. The van der Waals surface area contributed by atoms with Gasteiger partial charge in [0.2, 0.25) is 5.91 Å². The number of amides is 1. The van der Waals surface area contributed by atoms with Crippen molar-refractivity contribution in [2.75, 3.05) is 6.54 Å². The molecular weight excluding hydrogens is 574 g/mol. The largest absolute Gasteiger partial charge is 0.331 e. The lowest BCUT2D eigenvalue weighted by Crippen LogP contribution is -2.40. The molecule has 5 aromatic rings. The number of hydrogen-bond acceptors (Lipinski definition) is 3. The van der Waals surface area contributed by atoms with Gasteiger partial charge in [-0.2, -0.15) is 0 Å². The summed E-state index contributed by atoms with van der Waals surface area (Å²) in [4.78, 5) is 34.5. The van der Waals surface area contributed by atoms with Crippen LogP contribution in [0.3, 0.4) is 0 Å². The molecule has 0 aliphatic rings. The molecule has 1 heterocycles. The van der Waals surface area contributed by atoms with Crippen LogP contribution in [0, 0.1) is 0 Å². The fourth-order valence-electron chi connectivity index (χ4n) is 4.71. The van der Waals surface area contributed by atoms with E-state index in [1.807, 2.05) is 110 Å². The van der Waals surface area contributed by atoms with Crippen molar-refractivity contribution in [2.45, 2.75) is 24.8 Å². The number of benzene rings is 4. The number of alkyl halides is 1. The van der Waals surface area contributed by atoms with Gasteiger partial charge in [-0.25, -0.2) is 4.98 Å². The van der Waals surface area contributed by atoms with Crippen molar-refractivity contribution in [1.82, 2.24) is 14.5 Å². The Morgan fingerprint density at radius 1 is 0.897 bits per heavy atom. The number of carbonyl (C=O) groups is 1. The molecule has 0 saturated heterocycles. The Hall–Kier alpha value is -3.74. The number of halogens is 2. The van der Waals surface area contributed by atoms with Gasteiger partial charge in [0.05, 0.1) is 22.6 Å². The van der Waals surface area contributed by atoms with Crippen LogP contribution >= 0.6 is 27.5 Å². The summed E-state index contributed by atoms with van der Waals surface area (Å²) >= 11 is 10.3. The third-order valence-corrected chi connectivity index (χ3v) is 7.77. The quantitative estimate of drug-likeness (QED) is 0.176. The Bertz CT molecular complexity index is 1640. The molecule has 0 aliphatic carbocycles. The van der Waals surface area contributed by atoms with Gasteiger partial charge in [0.1, 0.15) is 11.2 Å². The van der Waals surface area contributed by atoms with Gasteiger partial charge in [-0.15, -0.1) is 11.6 Å². The number of carbonyl (C=O) groups excluding carboxylic acids is 1. The van der Waals surface area contributed by atoms with E-state index in [1.54, 1.807) is 15.5 Å². The van der Waals surface area contributed by atoms with Crippen LogP contribution in [-0.4, -0.2) is 26.9 Å². The van der Waals surface area contributed by atoms with E-state index in [4.69, 9.17) is 16.6 Å². The molecule has 0 aliphatic heterocycles. The molecule has 0 saturated carbocycles. The van der Waals surface area contributed by atoms with Crippen molar-refractivity contribution in [3.05, 3.63) is 141 Å². The number of aromatic nitrogens is 2. The third kappa shape index (κ3) is 5.82. The highest BCUT2D eigenvalue weighted by atomic mass is 79.9. The van der Waals surface area contributed by atoms with Crippen molar-refractivity contribution in [1.29, 1.82) is 0 Å². The lowest BCUT2D eigenvalue weighted by Gasteiger charge is -2.32. The molecule has 1 amide bonds. The van der Waals surface area contributed by atoms with Gasteiger partial charge in [-0.3, -0.25) is 14.2 Å². The number of para-hydroxylation sites is 1. The lowest BCUT2D eigenvalue weighted by atomic mass is 10.1. The molecule has 39 heavy (non-hydrogen) atoms. The van der Waals surface area contributed by atoms with E-state index in [-0.39, 0.29) is 11.5 Å². The maximum Gasteiger partial charge on any atom is 0.266 e. The second kappa shape index (κ2) is 12.0. The van der Waals surface area contributed by atoms with E-state index in [9.17, 15) is 9.59 Å². The smallest absolute Gasteiger partial charge is 0.266 e. The second-order valence-corrected chi connectivity index (χ2v) is 10.7. The monoisotopic (exact) mass is 599 g/mol. The molecule has 0 bridgehead atoms. The highest BCUT2D eigenvalue weighted by Gasteiger charge is 2.31. The van der Waals surface area contributed by atoms with Gasteiger partial charge >= 0.3 is 0 Å². The van der Waals surface area contributed by atoms with E-state index in [0.29, 0.717) is 35.4 Å². The van der Waals surface area contributed by atoms with Gasteiger partial charge < -0.3 is 4.90 Å². The Morgan fingerprint density at radius 2 is 1.51 bits per heavy atom. The van der Waals surface area contributed by atoms with Crippen LogP contribution in [0.2, 0.25) is 0 Å². The van der Waals surface area contributed by atoms with Gasteiger partial charge in [-0.1, -0.05) is 88.7 Å². The van der Waals surface area contributed by atoms with Crippen molar-refractivity contribution in [3.63, 3.8) is 0 Å². The molecule has 5 rings (SSSR count). The molecule has 7 heteroatoms. The molecule has 196 valence electrons. The fraction of sp³-hybridized carbons (Fsp3) is 0.156. The number of hydrogen-bond donors (Lipinski definition) is 0. The first kappa shape index (κ1) is 26.9. The predicted molar refractivity (Wildman–Crippen MR) is 160 cm³/mol. The van der Waals surface area contributed by atoms with E-state index >= 15 is 0 Å². The average Bonchev–Trinajstić information content (AvgIpc) is 2.98. The van der Waals surface area contributed by atoms with Gasteiger partial charge in [0.25, 0.3) is 5.56 Å². The Morgan fingerprint density at radius 3 is 2.21 bits per heavy atom. The van der Waals surface area contributed by atoms with Crippen molar-refractivity contribution >= 4 is 44.3 Å². The molecule has 2 atom stereocenters. The standard InChI is InChI=1S/C32H27BrClN3O2/c1-22(30-35-28-15-9-8-14-27(28)31(38)37(30)26-18-16-25(33)17-19-26)36(21-20-23-10-4-2-5-11-23)32(39)29(34)24-12-6-3-7-13-24/h2-19,22,29H,20-21H2,1H3. The van der Waals surface area contributed by atoms with Gasteiger partial charge in [0, 0.05) is 11.0 Å². The van der Waals surface area contributed by atoms with Crippen LogP contribution in [0.1, 0.15) is 35.3 Å². The first-order valence-electron chi connectivity index (χ1n) is 12.7. The van der Waals surface area contributed by atoms with Crippen LogP contribution in [0.15, 0.2) is 118 Å². The maximum absolute atomic E-state index is 14.0. The summed E-state index contributed by atoms with van der Waals surface area (Å²) < 4.78 is 2.50. The normalized spacial score (nSPS) is 12.7. The molecule has 0 radical (unpaired) electrons. The number of fused-ring (bicyclic) bond motifs is 1. The number of nitrogens with zero attached hydrogens (tertiary/aromatic N) is 3. The first-order valence-corrected chi connectivity index (χ1v) is 14.0. The second-order valence-electron chi connectivity index (χ2n) is 9.32. The van der Waals surface area contributed by atoms with E-state index in [2.05, 4.69) is 15.9 Å². The van der Waals surface area contributed by atoms with Crippen LogP contribution in [0.5, 0.6) is 0 Å².